The first-order chi connectivity index (χ1) is 17.1. The molecule has 2 aliphatic heterocycles. The van der Waals surface area contributed by atoms with Gasteiger partial charge in [-0.1, -0.05) is 56.3 Å². The Morgan fingerprint density at radius 3 is 2.19 bits per heavy atom. The molecule has 9 nitrogen and oxygen atoms in total. The second-order valence-corrected chi connectivity index (χ2v) is 10.5. The smallest absolute Gasteiger partial charge is 0.307 e. The van der Waals surface area contributed by atoms with E-state index in [1.54, 1.807) is 12.1 Å². The van der Waals surface area contributed by atoms with Gasteiger partial charge in [0.2, 0.25) is 11.0 Å². The molecule has 1 saturated heterocycles. The highest BCUT2D eigenvalue weighted by Gasteiger charge is 2.46. The van der Waals surface area contributed by atoms with Gasteiger partial charge < -0.3 is 16.2 Å². The second-order valence-electron chi connectivity index (χ2n) is 9.35. The highest BCUT2D eigenvalue weighted by atomic mass is 32.2. The fourth-order valence-electron chi connectivity index (χ4n) is 5.12. The van der Waals surface area contributed by atoms with E-state index in [0.29, 0.717) is 18.6 Å². The van der Waals surface area contributed by atoms with Crippen molar-refractivity contribution in [3.05, 3.63) is 47.5 Å². The molecule has 0 spiro atoms. The van der Waals surface area contributed by atoms with Crippen LogP contribution in [-0.4, -0.2) is 56.8 Å². The summed E-state index contributed by atoms with van der Waals surface area (Å²) < 4.78 is 0. The van der Waals surface area contributed by atoms with Gasteiger partial charge in [0.1, 0.15) is 0 Å². The molecule has 1 fully saturated rings. The molecule has 0 radical (unpaired) electrons. The van der Waals surface area contributed by atoms with Gasteiger partial charge in [-0.2, -0.15) is 0 Å². The fraction of sp³-hybridized carbons (Fsp3) is 0.423. The third-order valence-electron chi connectivity index (χ3n) is 7.09. The molecule has 4 rings (SSSR count). The number of nitrogens with two attached hydrogens (primary N) is 1. The van der Waals surface area contributed by atoms with Crippen molar-refractivity contribution in [3.63, 3.8) is 0 Å². The van der Waals surface area contributed by atoms with Crippen molar-refractivity contribution >= 4 is 51.3 Å². The summed E-state index contributed by atoms with van der Waals surface area (Å²) >= 11 is 1.14. The van der Waals surface area contributed by atoms with Gasteiger partial charge in [0, 0.05) is 11.7 Å². The number of hydrogen-bond donors (Lipinski definition) is 3. The molecule has 36 heavy (non-hydrogen) atoms. The number of thioether (sulfide) groups is 1. The summed E-state index contributed by atoms with van der Waals surface area (Å²) in [6.07, 6.45) is 0.000105. The molecule has 2 aromatic rings. The number of carbonyl (C=O) groups excluding carboxylic acids is 4. The molecule has 5 atom stereocenters. The summed E-state index contributed by atoms with van der Waals surface area (Å²) in [6.45, 7) is 3.37. The van der Waals surface area contributed by atoms with Crippen LogP contribution in [0.2, 0.25) is 0 Å². The molecule has 4 N–H and O–H groups in total. The standard InChI is InChI=1S/C26H29N3O6S/c1-3-6-16(22(30)28-19-9-10-36-26(19)35)20(25(33)34)13(2)21(27)29-23(31)17-11-14-7-4-5-8-15(14)12-18(17)24(29)32/h4-5,7-8,11-13,16,19-21H,3,6,9-10,27H2,1-2H3,(H,28,30)(H,33,34)/t13?,16-,19+,20+,21?/m0/s1. The molecule has 0 bridgehead atoms. The quantitative estimate of drug-likeness (QED) is 0.435. The maximum atomic E-state index is 13.2. The number of nitrogens with zero attached hydrogens (tertiary/aromatic N) is 1. The van der Waals surface area contributed by atoms with Crippen LogP contribution in [-0.2, 0) is 14.4 Å². The Morgan fingerprint density at radius 1 is 1.14 bits per heavy atom. The SMILES string of the molecule is CCC[C@H](C(=O)N[C@@H]1CCSC1=O)[C@H](C(=O)O)C(C)C(N)N1C(=O)c2cc3ccccc3cc2C1=O. The highest BCUT2D eigenvalue weighted by molar-refractivity contribution is 8.14. The van der Waals surface area contributed by atoms with Crippen LogP contribution in [0.3, 0.4) is 0 Å². The Kier molecular flexibility index (Phi) is 7.46. The second kappa shape index (κ2) is 10.4. The van der Waals surface area contributed by atoms with Crippen molar-refractivity contribution < 1.29 is 29.1 Å². The Morgan fingerprint density at radius 2 is 1.72 bits per heavy atom. The number of hydrogen-bond acceptors (Lipinski definition) is 7. The number of carboxylic acids is 1. The van der Waals surface area contributed by atoms with Crippen molar-refractivity contribution in [1.82, 2.24) is 10.2 Å². The first-order valence-corrected chi connectivity index (χ1v) is 13.0. The number of amides is 3. The monoisotopic (exact) mass is 511 g/mol. The number of aliphatic carboxylic acids is 1. The summed E-state index contributed by atoms with van der Waals surface area (Å²) in [7, 11) is 0. The summed E-state index contributed by atoms with van der Waals surface area (Å²) in [5.41, 5.74) is 6.83. The van der Waals surface area contributed by atoms with Gasteiger partial charge in [-0.25, -0.2) is 0 Å². The molecule has 2 heterocycles. The van der Waals surface area contributed by atoms with E-state index < -0.39 is 53.7 Å². The average Bonchev–Trinajstić information content (AvgIpc) is 3.36. The van der Waals surface area contributed by atoms with Gasteiger partial charge >= 0.3 is 5.97 Å². The largest absolute Gasteiger partial charge is 0.481 e. The summed E-state index contributed by atoms with van der Waals surface area (Å²) in [5.74, 6) is -5.55. The minimum absolute atomic E-state index is 0.145. The lowest BCUT2D eigenvalue weighted by Gasteiger charge is -2.35. The van der Waals surface area contributed by atoms with E-state index in [0.717, 1.165) is 27.4 Å². The van der Waals surface area contributed by atoms with Crippen LogP contribution in [0.5, 0.6) is 0 Å². The maximum absolute atomic E-state index is 13.2. The van der Waals surface area contributed by atoms with E-state index in [9.17, 15) is 29.1 Å². The first kappa shape index (κ1) is 25.8. The fourth-order valence-corrected chi connectivity index (χ4v) is 6.05. The summed E-state index contributed by atoms with van der Waals surface area (Å²) in [6, 6.07) is 9.96. The topological polar surface area (TPSA) is 147 Å². The molecule has 2 aliphatic rings. The molecular weight excluding hydrogens is 482 g/mol. The number of imide groups is 1. The van der Waals surface area contributed by atoms with Crippen LogP contribution >= 0.6 is 11.8 Å². The molecule has 0 saturated carbocycles. The van der Waals surface area contributed by atoms with E-state index >= 15 is 0 Å². The maximum Gasteiger partial charge on any atom is 0.307 e. The van der Waals surface area contributed by atoms with Crippen molar-refractivity contribution in [2.45, 2.75) is 45.3 Å². The van der Waals surface area contributed by atoms with Crippen molar-refractivity contribution in [1.29, 1.82) is 0 Å². The predicted molar refractivity (Wildman–Crippen MR) is 135 cm³/mol. The van der Waals surface area contributed by atoms with Gasteiger partial charge in [-0.15, -0.1) is 0 Å². The third kappa shape index (κ3) is 4.62. The molecular formula is C26H29N3O6S. The third-order valence-corrected chi connectivity index (χ3v) is 8.10. The Labute approximate surface area is 212 Å². The first-order valence-electron chi connectivity index (χ1n) is 12.0. The van der Waals surface area contributed by atoms with E-state index in [2.05, 4.69) is 5.32 Å². The van der Waals surface area contributed by atoms with Crippen LogP contribution in [0.25, 0.3) is 10.8 Å². The van der Waals surface area contributed by atoms with Crippen molar-refractivity contribution in [2.24, 2.45) is 23.5 Å². The summed E-state index contributed by atoms with van der Waals surface area (Å²) in [5, 5.41) is 14.3. The number of nitrogens with one attached hydrogen (secondary N) is 1. The number of carbonyl (C=O) groups is 5. The van der Waals surface area contributed by atoms with Gasteiger partial charge in [-0.3, -0.25) is 28.9 Å². The van der Waals surface area contributed by atoms with Gasteiger partial charge in [0.25, 0.3) is 11.8 Å². The van der Waals surface area contributed by atoms with Crippen LogP contribution in [0.15, 0.2) is 36.4 Å². The predicted octanol–water partition coefficient (Wildman–Crippen LogP) is 2.62. The van der Waals surface area contributed by atoms with Crippen LogP contribution in [0.4, 0.5) is 0 Å². The molecule has 0 aliphatic carbocycles. The van der Waals surface area contributed by atoms with Crippen LogP contribution in [0.1, 0.15) is 53.8 Å². The van der Waals surface area contributed by atoms with E-state index in [1.165, 1.54) is 6.92 Å². The van der Waals surface area contributed by atoms with E-state index in [4.69, 9.17) is 5.73 Å². The number of carboxylic acid groups (broad SMARTS) is 1. The number of fused-ring (bicyclic) bond motifs is 2. The highest BCUT2D eigenvalue weighted by Crippen LogP contribution is 2.34. The van der Waals surface area contributed by atoms with Crippen LogP contribution < -0.4 is 11.1 Å². The Bertz CT molecular complexity index is 1190. The van der Waals surface area contributed by atoms with Gasteiger partial charge in [0.05, 0.1) is 35.2 Å². The van der Waals surface area contributed by atoms with Crippen molar-refractivity contribution in [2.75, 3.05) is 5.75 Å². The Balaban J connectivity index is 1.61. The van der Waals surface area contributed by atoms with E-state index in [-0.39, 0.29) is 22.7 Å². The zero-order valence-corrected chi connectivity index (χ0v) is 20.9. The molecule has 0 aromatic heterocycles. The van der Waals surface area contributed by atoms with Crippen LogP contribution in [0, 0.1) is 17.8 Å². The molecule has 3 amide bonds. The molecule has 2 unspecified atom stereocenters. The lowest BCUT2D eigenvalue weighted by atomic mass is 9.77. The lowest BCUT2D eigenvalue weighted by molar-refractivity contribution is -0.151. The minimum atomic E-state index is -1.27. The van der Waals surface area contributed by atoms with E-state index in [1.807, 2.05) is 31.2 Å². The molecule has 10 heteroatoms. The zero-order chi connectivity index (χ0) is 26.1. The zero-order valence-electron chi connectivity index (χ0n) is 20.1. The van der Waals surface area contributed by atoms with Crippen molar-refractivity contribution in [3.8, 4) is 0 Å². The Hall–Kier alpha value is -3.24. The molecule has 190 valence electrons. The average molecular weight is 512 g/mol. The minimum Gasteiger partial charge on any atom is -0.481 e. The lowest BCUT2D eigenvalue weighted by Crippen LogP contribution is -2.55. The van der Waals surface area contributed by atoms with Gasteiger partial charge in [0.15, 0.2) is 0 Å². The number of benzene rings is 2. The summed E-state index contributed by atoms with van der Waals surface area (Å²) in [4.78, 5) is 65.0. The normalized spacial score (nSPS) is 20.8. The number of rotatable bonds is 9. The molecule has 2 aromatic carbocycles. The van der Waals surface area contributed by atoms with Gasteiger partial charge in [-0.05, 0) is 35.7 Å².